The van der Waals surface area contributed by atoms with E-state index in [0.29, 0.717) is 23.8 Å². The number of rotatable bonds is 12. The third-order valence-electron chi connectivity index (χ3n) is 6.18. The van der Waals surface area contributed by atoms with Crippen LogP contribution in [0.5, 0.6) is 11.5 Å². The number of ketones is 1. The summed E-state index contributed by atoms with van der Waals surface area (Å²) in [5.41, 5.74) is 1.45. The van der Waals surface area contributed by atoms with Crippen LogP contribution in [0.25, 0.3) is 0 Å². The van der Waals surface area contributed by atoms with Gasteiger partial charge in [0.25, 0.3) is 0 Å². The summed E-state index contributed by atoms with van der Waals surface area (Å²) in [7, 11) is 0. The first-order valence-corrected chi connectivity index (χ1v) is 12.3. The normalized spacial score (nSPS) is 12.1. The van der Waals surface area contributed by atoms with Crippen LogP contribution in [0, 0.1) is 5.82 Å². The van der Waals surface area contributed by atoms with Gasteiger partial charge in [-0.1, -0.05) is 42.5 Å². The van der Waals surface area contributed by atoms with Crippen LogP contribution >= 0.6 is 0 Å². The molecule has 0 fully saturated rings. The van der Waals surface area contributed by atoms with Gasteiger partial charge in [-0.2, -0.15) is 0 Å². The number of nitrogens with one attached hydrogen (secondary N) is 2. The van der Waals surface area contributed by atoms with Gasteiger partial charge in [-0.3, -0.25) is 9.59 Å². The SMILES string of the molecule is CC(C)(C(=O)N[C@@H](COCc1ccccc1)C(=O)Cc1ccc(Oc2ccc(F)cc2)cc1)c1cnc[nH]1. The Morgan fingerprint density at radius 2 is 1.61 bits per heavy atom. The Morgan fingerprint density at radius 3 is 2.24 bits per heavy atom. The van der Waals surface area contributed by atoms with Crippen molar-refractivity contribution in [1.82, 2.24) is 15.3 Å². The Morgan fingerprint density at radius 1 is 0.947 bits per heavy atom. The summed E-state index contributed by atoms with van der Waals surface area (Å²) in [6, 6.07) is 21.6. The molecular formula is C30H30FN3O4. The molecule has 3 aromatic carbocycles. The van der Waals surface area contributed by atoms with E-state index < -0.39 is 11.5 Å². The van der Waals surface area contributed by atoms with Gasteiger partial charge in [-0.05, 0) is 61.4 Å². The van der Waals surface area contributed by atoms with E-state index in [9.17, 15) is 14.0 Å². The van der Waals surface area contributed by atoms with E-state index in [0.717, 1.165) is 11.1 Å². The minimum atomic E-state index is -0.923. The van der Waals surface area contributed by atoms with Gasteiger partial charge >= 0.3 is 0 Å². The maximum absolute atomic E-state index is 13.3. The van der Waals surface area contributed by atoms with Crippen LogP contribution in [0.4, 0.5) is 4.39 Å². The van der Waals surface area contributed by atoms with Crippen molar-refractivity contribution in [3.63, 3.8) is 0 Å². The zero-order valence-corrected chi connectivity index (χ0v) is 21.3. The zero-order valence-electron chi connectivity index (χ0n) is 21.3. The summed E-state index contributed by atoms with van der Waals surface area (Å²) in [5, 5.41) is 2.88. The summed E-state index contributed by atoms with van der Waals surface area (Å²) < 4.78 is 24.7. The number of hydrogen-bond donors (Lipinski definition) is 2. The molecule has 4 rings (SSSR count). The second-order valence-corrected chi connectivity index (χ2v) is 9.46. The van der Waals surface area contributed by atoms with E-state index in [1.165, 1.54) is 18.5 Å². The Kier molecular flexibility index (Phi) is 8.66. The first-order chi connectivity index (χ1) is 18.3. The summed E-state index contributed by atoms with van der Waals surface area (Å²) >= 11 is 0. The van der Waals surface area contributed by atoms with Crippen LogP contribution in [0.1, 0.15) is 30.7 Å². The smallest absolute Gasteiger partial charge is 0.232 e. The molecule has 2 N–H and O–H groups in total. The molecule has 1 aromatic heterocycles. The van der Waals surface area contributed by atoms with Gasteiger partial charge in [0.05, 0.1) is 25.0 Å². The fourth-order valence-electron chi connectivity index (χ4n) is 3.78. The van der Waals surface area contributed by atoms with Crippen LogP contribution in [-0.4, -0.2) is 34.3 Å². The molecule has 0 aliphatic rings. The second kappa shape index (κ2) is 12.3. The van der Waals surface area contributed by atoms with Gasteiger partial charge in [0.15, 0.2) is 5.78 Å². The molecule has 196 valence electrons. The molecule has 0 spiro atoms. The van der Waals surface area contributed by atoms with Crippen LogP contribution in [0.3, 0.4) is 0 Å². The number of Topliss-reactive ketones (excluding diaryl/α,β-unsaturated/α-hetero) is 1. The van der Waals surface area contributed by atoms with Crippen LogP contribution in [-0.2, 0) is 32.8 Å². The van der Waals surface area contributed by atoms with E-state index in [-0.39, 0.29) is 30.5 Å². The fourth-order valence-corrected chi connectivity index (χ4v) is 3.78. The number of aromatic amines is 1. The standard InChI is InChI=1S/C30H30FN3O4/c1-30(2,28-17-32-20-33-28)29(36)34-26(19-37-18-22-6-4-3-5-7-22)27(35)16-21-8-12-24(13-9-21)38-25-14-10-23(31)11-15-25/h3-15,17,20,26H,16,18-19H2,1-2H3,(H,32,33)(H,34,36)/t26-/m0/s1. The lowest BCUT2D eigenvalue weighted by atomic mass is 9.88. The highest BCUT2D eigenvalue weighted by atomic mass is 19.1. The van der Waals surface area contributed by atoms with Gasteiger partial charge in [0, 0.05) is 18.3 Å². The van der Waals surface area contributed by atoms with Crippen molar-refractivity contribution in [3.8, 4) is 11.5 Å². The molecule has 0 unspecified atom stereocenters. The average molecular weight is 516 g/mol. The number of carbonyl (C=O) groups is 2. The topological polar surface area (TPSA) is 93.3 Å². The quantitative estimate of drug-likeness (QED) is 0.273. The van der Waals surface area contributed by atoms with Crippen molar-refractivity contribution >= 4 is 11.7 Å². The Balaban J connectivity index is 1.42. The summed E-state index contributed by atoms with van der Waals surface area (Å²) in [5.74, 6) is 0.234. The van der Waals surface area contributed by atoms with Crippen molar-refractivity contribution < 1.29 is 23.5 Å². The lowest BCUT2D eigenvalue weighted by molar-refractivity contribution is -0.132. The van der Waals surface area contributed by atoms with E-state index in [1.54, 1.807) is 56.4 Å². The van der Waals surface area contributed by atoms with Gasteiger partial charge in [0.1, 0.15) is 23.4 Å². The highest BCUT2D eigenvalue weighted by molar-refractivity contribution is 5.94. The van der Waals surface area contributed by atoms with Gasteiger partial charge in [-0.15, -0.1) is 0 Å². The monoisotopic (exact) mass is 515 g/mol. The number of imidazole rings is 1. The highest BCUT2D eigenvalue weighted by Gasteiger charge is 2.34. The largest absolute Gasteiger partial charge is 0.457 e. The molecule has 7 nitrogen and oxygen atoms in total. The zero-order chi connectivity index (χ0) is 27.0. The first-order valence-electron chi connectivity index (χ1n) is 12.3. The average Bonchev–Trinajstić information content (AvgIpc) is 3.47. The van der Waals surface area contributed by atoms with Crippen molar-refractivity contribution in [2.24, 2.45) is 0 Å². The number of ether oxygens (including phenoxy) is 2. The Labute approximate surface area is 221 Å². The van der Waals surface area contributed by atoms with Crippen LogP contribution in [0.2, 0.25) is 0 Å². The molecule has 1 amide bonds. The van der Waals surface area contributed by atoms with E-state index in [2.05, 4.69) is 15.3 Å². The number of halogens is 1. The van der Waals surface area contributed by atoms with Crippen LogP contribution in [0.15, 0.2) is 91.4 Å². The van der Waals surface area contributed by atoms with Gasteiger partial charge in [0.2, 0.25) is 5.91 Å². The molecule has 0 saturated carbocycles. The molecule has 0 aliphatic carbocycles. The molecule has 0 bridgehead atoms. The number of amides is 1. The number of benzene rings is 3. The maximum Gasteiger partial charge on any atom is 0.232 e. The second-order valence-electron chi connectivity index (χ2n) is 9.46. The van der Waals surface area contributed by atoms with E-state index in [4.69, 9.17) is 9.47 Å². The number of carbonyl (C=O) groups excluding carboxylic acids is 2. The predicted octanol–water partition coefficient (Wildman–Crippen LogP) is 5.13. The minimum absolute atomic E-state index is 0.0320. The first kappa shape index (κ1) is 26.8. The number of hydrogen-bond acceptors (Lipinski definition) is 5. The minimum Gasteiger partial charge on any atom is -0.457 e. The van der Waals surface area contributed by atoms with Crippen molar-refractivity contribution in [3.05, 3.63) is 114 Å². The molecule has 1 heterocycles. The predicted molar refractivity (Wildman–Crippen MR) is 141 cm³/mol. The van der Waals surface area contributed by atoms with Crippen molar-refractivity contribution in [2.75, 3.05) is 6.61 Å². The fraction of sp³-hybridized carbons (Fsp3) is 0.233. The molecule has 38 heavy (non-hydrogen) atoms. The molecule has 0 aliphatic heterocycles. The summed E-state index contributed by atoms with van der Waals surface area (Å²) in [4.78, 5) is 33.5. The lowest BCUT2D eigenvalue weighted by Crippen LogP contribution is -2.50. The van der Waals surface area contributed by atoms with E-state index in [1.807, 2.05) is 30.3 Å². The van der Waals surface area contributed by atoms with E-state index >= 15 is 0 Å². The van der Waals surface area contributed by atoms with Crippen molar-refractivity contribution in [2.45, 2.75) is 38.3 Å². The molecular weight excluding hydrogens is 485 g/mol. The number of H-pyrrole nitrogens is 1. The number of nitrogens with zero attached hydrogens (tertiary/aromatic N) is 1. The molecule has 0 saturated heterocycles. The van der Waals surface area contributed by atoms with Crippen molar-refractivity contribution in [1.29, 1.82) is 0 Å². The Hall–Kier alpha value is -4.30. The van der Waals surface area contributed by atoms with Gasteiger partial charge < -0.3 is 19.8 Å². The molecule has 1 atom stereocenters. The summed E-state index contributed by atoms with van der Waals surface area (Å²) in [6.45, 7) is 3.88. The Bertz CT molecular complexity index is 1320. The third-order valence-corrected chi connectivity index (χ3v) is 6.18. The summed E-state index contributed by atoms with van der Waals surface area (Å²) in [6.07, 6.45) is 3.21. The third kappa shape index (κ3) is 7.14. The van der Waals surface area contributed by atoms with Crippen LogP contribution < -0.4 is 10.1 Å². The molecule has 0 radical (unpaired) electrons. The van der Waals surface area contributed by atoms with Gasteiger partial charge in [-0.25, -0.2) is 9.37 Å². The molecule has 4 aromatic rings. The lowest BCUT2D eigenvalue weighted by Gasteiger charge is -2.26. The maximum atomic E-state index is 13.3. The number of aromatic nitrogens is 2. The highest BCUT2D eigenvalue weighted by Crippen LogP contribution is 2.23. The molecule has 8 heteroatoms.